The summed E-state index contributed by atoms with van der Waals surface area (Å²) in [6, 6.07) is 8.20. The van der Waals surface area contributed by atoms with Gasteiger partial charge in [0.15, 0.2) is 0 Å². The van der Waals surface area contributed by atoms with Gasteiger partial charge >= 0.3 is 0 Å². The van der Waals surface area contributed by atoms with E-state index in [4.69, 9.17) is 5.73 Å². The molecule has 0 unspecified atom stereocenters. The molecule has 90 valence electrons. The van der Waals surface area contributed by atoms with Gasteiger partial charge in [-0.2, -0.15) is 11.8 Å². The molecule has 0 spiro atoms. The van der Waals surface area contributed by atoms with Gasteiger partial charge in [0.05, 0.1) is 0 Å². The molecule has 2 nitrogen and oxygen atoms in total. The van der Waals surface area contributed by atoms with Gasteiger partial charge in [0, 0.05) is 18.0 Å². The van der Waals surface area contributed by atoms with Gasteiger partial charge in [0.2, 0.25) is 0 Å². The molecule has 0 aliphatic heterocycles. The number of nitrogens with two attached hydrogens (primary N) is 1. The molecule has 0 fully saturated rings. The Balaban J connectivity index is 2.17. The molecule has 0 amide bonds. The Kier molecular flexibility index (Phi) is 6.34. The summed E-state index contributed by atoms with van der Waals surface area (Å²) in [5, 5.41) is 0. The first-order valence-electron chi connectivity index (χ1n) is 5.74. The summed E-state index contributed by atoms with van der Waals surface area (Å²) in [5.74, 6) is 1.22. The lowest BCUT2D eigenvalue weighted by molar-refractivity contribution is 0.350. The summed E-state index contributed by atoms with van der Waals surface area (Å²) in [5.41, 5.74) is 7.88. The van der Waals surface area contributed by atoms with E-state index in [1.165, 1.54) is 30.8 Å². The van der Waals surface area contributed by atoms with E-state index in [0.717, 1.165) is 12.1 Å². The lowest BCUT2D eigenvalue weighted by atomic mass is 10.1. The van der Waals surface area contributed by atoms with Gasteiger partial charge in [0.25, 0.3) is 0 Å². The van der Waals surface area contributed by atoms with Gasteiger partial charge in [-0.3, -0.25) is 0 Å². The van der Waals surface area contributed by atoms with Crippen molar-refractivity contribution in [3.8, 4) is 0 Å². The Morgan fingerprint density at radius 3 is 2.50 bits per heavy atom. The van der Waals surface area contributed by atoms with Crippen LogP contribution < -0.4 is 5.73 Å². The van der Waals surface area contributed by atoms with Crippen LogP contribution in [0.2, 0.25) is 0 Å². The average molecular weight is 238 g/mol. The standard InChI is InChI=1S/C13H22N2S/c1-15(10-11-16-2)9-3-4-12-5-7-13(14)8-6-12/h5-8H,3-4,9-11,14H2,1-2H3. The highest BCUT2D eigenvalue weighted by atomic mass is 32.2. The molecule has 1 rings (SSSR count). The van der Waals surface area contributed by atoms with E-state index in [9.17, 15) is 0 Å². The second-order valence-corrected chi connectivity index (χ2v) is 5.13. The van der Waals surface area contributed by atoms with Gasteiger partial charge in [-0.25, -0.2) is 0 Å². The van der Waals surface area contributed by atoms with E-state index in [-0.39, 0.29) is 0 Å². The molecular formula is C13H22N2S. The quantitative estimate of drug-likeness (QED) is 0.740. The minimum absolute atomic E-state index is 0.848. The van der Waals surface area contributed by atoms with Crippen molar-refractivity contribution in [3.63, 3.8) is 0 Å². The Morgan fingerprint density at radius 2 is 1.88 bits per heavy atom. The zero-order chi connectivity index (χ0) is 11.8. The normalized spacial score (nSPS) is 10.9. The third-order valence-electron chi connectivity index (χ3n) is 2.66. The summed E-state index contributed by atoms with van der Waals surface area (Å²) in [6.07, 6.45) is 4.51. The van der Waals surface area contributed by atoms with Gasteiger partial charge < -0.3 is 10.6 Å². The molecule has 1 aromatic carbocycles. The number of thioether (sulfide) groups is 1. The lowest BCUT2D eigenvalue weighted by Gasteiger charge is -2.15. The molecule has 0 aromatic heterocycles. The zero-order valence-corrected chi connectivity index (χ0v) is 11.1. The number of hydrogen-bond donors (Lipinski definition) is 1. The smallest absolute Gasteiger partial charge is 0.0314 e. The SMILES string of the molecule is CSCCN(C)CCCc1ccc(N)cc1. The zero-order valence-electron chi connectivity index (χ0n) is 10.3. The van der Waals surface area contributed by atoms with E-state index in [1.54, 1.807) is 0 Å². The van der Waals surface area contributed by atoms with Crippen molar-refractivity contribution in [2.75, 3.05) is 37.9 Å². The summed E-state index contributed by atoms with van der Waals surface area (Å²) < 4.78 is 0. The summed E-state index contributed by atoms with van der Waals surface area (Å²) in [7, 11) is 2.19. The average Bonchev–Trinajstić information content (AvgIpc) is 2.29. The first-order chi connectivity index (χ1) is 7.72. The van der Waals surface area contributed by atoms with Crippen molar-refractivity contribution in [1.82, 2.24) is 4.90 Å². The Morgan fingerprint density at radius 1 is 1.19 bits per heavy atom. The second kappa shape index (κ2) is 7.58. The largest absolute Gasteiger partial charge is 0.399 e. The molecule has 0 heterocycles. The summed E-state index contributed by atoms with van der Waals surface area (Å²) in [4.78, 5) is 2.40. The Hall–Kier alpha value is -0.670. The minimum Gasteiger partial charge on any atom is -0.399 e. The third kappa shape index (κ3) is 5.42. The van der Waals surface area contributed by atoms with Gasteiger partial charge in [0.1, 0.15) is 0 Å². The van der Waals surface area contributed by atoms with Crippen molar-refractivity contribution in [2.45, 2.75) is 12.8 Å². The van der Waals surface area contributed by atoms with Crippen LogP contribution in [0.5, 0.6) is 0 Å². The Labute approximate surface area is 103 Å². The minimum atomic E-state index is 0.848. The lowest BCUT2D eigenvalue weighted by Crippen LogP contribution is -2.22. The van der Waals surface area contributed by atoms with Crippen LogP contribution in [0.1, 0.15) is 12.0 Å². The molecule has 3 heteroatoms. The van der Waals surface area contributed by atoms with Crippen LogP contribution in [0.15, 0.2) is 24.3 Å². The van der Waals surface area contributed by atoms with Crippen molar-refractivity contribution in [3.05, 3.63) is 29.8 Å². The molecule has 0 bridgehead atoms. The molecule has 0 radical (unpaired) electrons. The van der Waals surface area contributed by atoms with Crippen LogP contribution in [-0.4, -0.2) is 37.0 Å². The fraction of sp³-hybridized carbons (Fsp3) is 0.538. The first-order valence-corrected chi connectivity index (χ1v) is 7.13. The number of aryl methyl sites for hydroxylation is 1. The van der Waals surface area contributed by atoms with Gasteiger partial charge in [-0.05, 0) is 50.4 Å². The molecule has 0 saturated carbocycles. The fourth-order valence-electron chi connectivity index (χ4n) is 1.60. The van der Waals surface area contributed by atoms with E-state index in [2.05, 4.69) is 30.3 Å². The summed E-state index contributed by atoms with van der Waals surface area (Å²) >= 11 is 1.91. The number of hydrogen-bond acceptors (Lipinski definition) is 3. The highest BCUT2D eigenvalue weighted by molar-refractivity contribution is 7.98. The van der Waals surface area contributed by atoms with Crippen LogP contribution in [0.3, 0.4) is 0 Å². The first kappa shape index (κ1) is 13.4. The molecule has 2 N–H and O–H groups in total. The van der Waals surface area contributed by atoms with Gasteiger partial charge in [-0.15, -0.1) is 0 Å². The molecule has 0 atom stereocenters. The van der Waals surface area contributed by atoms with Gasteiger partial charge in [-0.1, -0.05) is 12.1 Å². The molecular weight excluding hydrogens is 216 g/mol. The van der Waals surface area contributed by atoms with Crippen molar-refractivity contribution < 1.29 is 0 Å². The number of benzene rings is 1. The predicted octanol–water partition coefficient (Wildman–Crippen LogP) is 2.50. The number of nitrogens with zero attached hydrogens (tertiary/aromatic N) is 1. The number of anilines is 1. The van der Waals surface area contributed by atoms with E-state index < -0.39 is 0 Å². The Bertz CT molecular complexity index is 284. The second-order valence-electron chi connectivity index (χ2n) is 4.14. The van der Waals surface area contributed by atoms with Crippen LogP contribution in [0, 0.1) is 0 Å². The maximum atomic E-state index is 5.65. The predicted molar refractivity (Wildman–Crippen MR) is 75.1 cm³/mol. The van der Waals surface area contributed by atoms with Crippen LogP contribution >= 0.6 is 11.8 Å². The maximum absolute atomic E-state index is 5.65. The highest BCUT2D eigenvalue weighted by Crippen LogP contribution is 2.08. The third-order valence-corrected chi connectivity index (χ3v) is 3.25. The van der Waals surface area contributed by atoms with Crippen molar-refractivity contribution in [2.24, 2.45) is 0 Å². The fourth-order valence-corrected chi connectivity index (χ4v) is 2.09. The molecule has 16 heavy (non-hydrogen) atoms. The van der Waals surface area contributed by atoms with Crippen LogP contribution in [-0.2, 0) is 6.42 Å². The topological polar surface area (TPSA) is 29.3 Å². The molecule has 0 aliphatic rings. The van der Waals surface area contributed by atoms with Crippen LogP contribution in [0.25, 0.3) is 0 Å². The molecule has 0 saturated heterocycles. The van der Waals surface area contributed by atoms with Crippen molar-refractivity contribution in [1.29, 1.82) is 0 Å². The van der Waals surface area contributed by atoms with Crippen LogP contribution in [0.4, 0.5) is 5.69 Å². The monoisotopic (exact) mass is 238 g/mol. The van der Waals surface area contributed by atoms with E-state index in [0.29, 0.717) is 0 Å². The van der Waals surface area contributed by atoms with E-state index in [1.807, 2.05) is 23.9 Å². The molecule has 0 aliphatic carbocycles. The maximum Gasteiger partial charge on any atom is 0.0314 e. The van der Waals surface area contributed by atoms with E-state index >= 15 is 0 Å². The number of rotatable bonds is 7. The van der Waals surface area contributed by atoms with Crippen molar-refractivity contribution >= 4 is 17.4 Å². The summed E-state index contributed by atoms with van der Waals surface area (Å²) in [6.45, 7) is 2.36. The highest BCUT2D eigenvalue weighted by Gasteiger charge is 1.98. The molecule has 1 aromatic rings. The number of nitrogen functional groups attached to an aromatic ring is 1.